The van der Waals surface area contributed by atoms with Gasteiger partial charge in [-0.1, -0.05) is 12.8 Å². The lowest BCUT2D eigenvalue weighted by molar-refractivity contribution is -0.136. The fraction of sp³-hybridized carbons (Fsp3) is 0.941. The monoisotopic (exact) mass is 357 g/mol. The topological polar surface area (TPSA) is 83.7 Å². The van der Waals surface area contributed by atoms with E-state index in [0.717, 1.165) is 51.5 Å². The highest BCUT2D eigenvalue weighted by Gasteiger charge is 2.39. The molecule has 2 saturated heterocycles. The molecule has 1 atom stereocenters. The fourth-order valence-electron chi connectivity index (χ4n) is 4.42. The number of piperidine rings is 2. The Morgan fingerprint density at radius 2 is 1.62 bits per heavy atom. The molecule has 1 saturated carbocycles. The lowest BCUT2D eigenvalue weighted by Crippen LogP contribution is -2.52. The summed E-state index contributed by atoms with van der Waals surface area (Å²) in [5.74, 6) is 0.768. The van der Waals surface area contributed by atoms with E-state index in [2.05, 4.69) is 0 Å². The average Bonchev–Trinajstić information content (AvgIpc) is 3.16. The van der Waals surface area contributed by atoms with E-state index in [-0.39, 0.29) is 11.8 Å². The Hall–Kier alpha value is -0.660. The van der Waals surface area contributed by atoms with E-state index in [0.29, 0.717) is 38.5 Å². The predicted molar refractivity (Wildman–Crippen MR) is 93.8 cm³/mol. The van der Waals surface area contributed by atoms with E-state index < -0.39 is 15.3 Å². The molecular formula is C17H31N3O3S. The first-order valence-electron chi connectivity index (χ1n) is 9.50. The van der Waals surface area contributed by atoms with Crippen molar-refractivity contribution in [1.29, 1.82) is 0 Å². The van der Waals surface area contributed by atoms with E-state index in [9.17, 15) is 13.2 Å². The predicted octanol–water partition coefficient (Wildman–Crippen LogP) is 1.17. The summed E-state index contributed by atoms with van der Waals surface area (Å²) >= 11 is 0. The third-order valence-electron chi connectivity index (χ3n) is 6.08. The minimum Gasteiger partial charge on any atom is -0.341 e. The fourth-order valence-corrected chi connectivity index (χ4v) is 6.40. The number of nitrogens with two attached hydrogens (primary N) is 1. The van der Waals surface area contributed by atoms with Gasteiger partial charge in [0.15, 0.2) is 0 Å². The molecule has 1 unspecified atom stereocenters. The molecule has 0 radical (unpaired) electrons. The maximum atomic E-state index is 13.0. The number of hydrogen-bond donors (Lipinski definition) is 1. The molecule has 3 rings (SSSR count). The van der Waals surface area contributed by atoms with Crippen LogP contribution in [0.25, 0.3) is 0 Å². The van der Waals surface area contributed by atoms with Crippen LogP contribution < -0.4 is 5.73 Å². The van der Waals surface area contributed by atoms with Crippen molar-refractivity contribution < 1.29 is 13.2 Å². The summed E-state index contributed by atoms with van der Waals surface area (Å²) in [4.78, 5) is 14.5. The number of carbonyl (C=O) groups excluding carboxylic acids is 1. The van der Waals surface area contributed by atoms with Gasteiger partial charge in [-0.15, -0.1) is 0 Å². The van der Waals surface area contributed by atoms with Gasteiger partial charge in [0.25, 0.3) is 0 Å². The van der Waals surface area contributed by atoms with E-state index in [1.807, 2.05) is 4.90 Å². The molecule has 2 heterocycles. The van der Waals surface area contributed by atoms with Crippen LogP contribution in [-0.2, 0) is 14.8 Å². The minimum absolute atomic E-state index is 0.131. The van der Waals surface area contributed by atoms with Gasteiger partial charge >= 0.3 is 0 Å². The van der Waals surface area contributed by atoms with Crippen LogP contribution in [0.4, 0.5) is 0 Å². The Bertz CT molecular complexity index is 537. The number of carbonyl (C=O) groups is 1. The second kappa shape index (κ2) is 7.70. The van der Waals surface area contributed by atoms with Crippen molar-refractivity contribution in [2.45, 2.75) is 56.6 Å². The van der Waals surface area contributed by atoms with Crippen LogP contribution in [-0.4, -0.2) is 61.5 Å². The van der Waals surface area contributed by atoms with Gasteiger partial charge in [0.2, 0.25) is 15.9 Å². The SMILES string of the molecule is NCC1CCN(S(=O)(=O)C2CCCN(C(=O)C3CCCC3)C2)CC1. The van der Waals surface area contributed by atoms with Crippen molar-refractivity contribution >= 4 is 15.9 Å². The Morgan fingerprint density at radius 3 is 2.25 bits per heavy atom. The van der Waals surface area contributed by atoms with Crippen LogP contribution in [0.5, 0.6) is 0 Å². The van der Waals surface area contributed by atoms with Crippen LogP contribution in [0, 0.1) is 11.8 Å². The van der Waals surface area contributed by atoms with E-state index in [1.54, 1.807) is 4.31 Å². The number of rotatable bonds is 4. The largest absolute Gasteiger partial charge is 0.341 e. The zero-order valence-electron chi connectivity index (χ0n) is 14.5. The molecule has 0 bridgehead atoms. The summed E-state index contributed by atoms with van der Waals surface area (Å²) in [5, 5.41) is -0.425. The molecule has 2 aliphatic heterocycles. The molecule has 2 N–H and O–H groups in total. The molecule has 0 aromatic carbocycles. The smallest absolute Gasteiger partial charge is 0.225 e. The summed E-state index contributed by atoms with van der Waals surface area (Å²) < 4.78 is 27.6. The van der Waals surface area contributed by atoms with E-state index in [4.69, 9.17) is 5.73 Å². The Morgan fingerprint density at radius 1 is 0.958 bits per heavy atom. The second-order valence-corrected chi connectivity index (χ2v) is 9.87. The summed E-state index contributed by atoms with van der Waals surface area (Å²) in [6, 6.07) is 0. The van der Waals surface area contributed by atoms with Crippen LogP contribution in [0.2, 0.25) is 0 Å². The third kappa shape index (κ3) is 3.78. The van der Waals surface area contributed by atoms with Crippen LogP contribution >= 0.6 is 0 Å². The highest BCUT2D eigenvalue weighted by molar-refractivity contribution is 7.89. The van der Waals surface area contributed by atoms with Gasteiger partial charge in [-0.3, -0.25) is 4.79 Å². The van der Waals surface area contributed by atoms with Gasteiger partial charge in [-0.25, -0.2) is 12.7 Å². The quantitative estimate of drug-likeness (QED) is 0.818. The maximum absolute atomic E-state index is 13.0. The molecule has 1 aliphatic carbocycles. The lowest BCUT2D eigenvalue weighted by atomic mass is 9.99. The normalized spacial score (nSPS) is 28.4. The van der Waals surface area contributed by atoms with Crippen molar-refractivity contribution in [3.8, 4) is 0 Å². The molecular weight excluding hydrogens is 326 g/mol. The molecule has 0 spiro atoms. The molecule has 24 heavy (non-hydrogen) atoms. The Labute approximate surface area is 145 Å². The molecule has 3 aliphatic rings. The van der Waals surface area contributed by atoms with Gasteiger partial charge in [-0.05, 0) is 51.0 Å². The maximum Gasteiger partial charge on any atom is 0.225 e. The van der Waals surface area contributed by atoms with Gasteiger partial charge in [-0.2, -0.15) is 0 Å². The lowest BCUT2D eigenvalue weighted by Gasteiger charge is -2.38. The number of sulfonamides is 1. The van der Waals surface area contributed by atoms with Crippen LogP contribution in [0.3, 0.4) is 0 Å². The van der Waals surface area contributed by atoms with Gasteiger partial charge in [0, 0.05) is 32.1 Å². The molecule has 3 fully saturated rings. The standard InChI is InChI=1S/C17H31N3O3S/c18-12-14-7-10-20(11-8-14)24(22,23)16-6-3-9-19(13-16)17(21)15-4-1-2-5-15/h14-16H,1-13,18H2. The summed E-state index contributed by atoms with van der Waals surface area (Å²) in [6.45, 7) is 2.90. The van der Waals surface area contributed by atoms with Crippen molar-refractivity contribution in [1.82, 2.24) is 9.21 Å². The summed E-state index contributed by atoms with van der Waals surface area (Å²) in [5.41, 5.74) is 5.70. The Kier molecular flexibility index (Phi) is 5.82. The van der Waals surface area contributed by atoms with E-state index >= 15 is 0 Å². The van der Waals surface area contributed by atoms with Gasteiger partial charge in [0.1, 0.15) is 0 Å². The van der Waals surface area contributed by atoms with Crippen LogP contribution in [0.15, 0.2) is 0 Å². The average molecular weight is 358 g/mol. The van der Waals surface area contributed by atoms with Crippen molar-refractivity contribution in [3.63, 3.8) is 0 Å². The molecule has 138 valence electrons. The molecule has 7 heteroatoms. The first-order valence-corrected chi connectivity index (χ1v) is 11.0. The Balaban J connectivity index is 1.62. The van der Waals surface area contributed by atoms with Crippen molar-refractivity contribution in [2.75, 3.05) is 32.7 Å². The van der Waals surface area contributed by atoms with Gasteiger partial charge < -0.3 is 10.6 Å². The zero-order valence-corrected chi connectivity index (χ0v) is 15.3. The zero-order chi connectivity index (χ0) is 17.2. The summed E-state index contributed by atoms with van der Waals surface area (Å²) in [6.07, 6.45) is 7.37. The first kappa shape index (κ1) is 18.1. The number of likely N-dealkylation sites (tertiary alicyclic amines) is 1. The van der Waals surface area contributed by atoms with Crippen molar-refractivity contribution in [2.24, 2.45) is 17.6 Å². The first-order chi connectivity index (χ1) is 11.5. The molecule has 1 amide bonds. The second-order valence-electron chi connectivity index (χ2n) is 7.65. The van der Waals surface area contributed by atoms with Gasteiger partial charge in [0.05, 0.1) is 5.25 Å². The van der Waals surface area contributed by atoms with Crippen LogP contribution in [0.1, 0.15) is 51.4 Å². The van der Waals surface area contributed by atoms with Crippen molar-refractivity contribution in [3.05, 3.63) is 0 Å². The molecule has 0 aromatic rings. The number of amides is 1. The highest BCUT2D eigenvalue weighted by Crippen LogP contribution is 2.30. The third-order valence-corrected chi connectivity index (χ3v) is 8.39. The van der Waals surface area contributed by atoms with E-state index in [1.165, 1.54) is 0 Å². The minimum atomic E-state index is -3.31. The number of nitrogens with zero attached hydrogens (tertiary/aromatic N) is 2. The molecule has 6 nitrogen and oxygen atoms in total. The number of hydrogen-bond acceptors (Lipinski definition) is 4. The summed E-state index contributed by atoms with van der Waals surface area (Å²) in [7, 11) is -3.31. The highest BCUT2D eigenvalue weighted by atomic mass is 32.2. The molecule has 0 aromatic heterocycles.